The SMILES string of the molecule is CCC[C@@H](NC(=O)C1CCN(c2ccc(=O)n(-c3ccc(OC)cc3)n2)CC1)c1cccs1. The molecule has 0 radical (unpaired) electrons. The van der Waals surface area contributed by atoms with Gasteiger partial charge >= 0.3 is 0 Å². The highest BCUT2D eigenvalue weighted by molar-refractivity contribution is 7.10. The molecule has 1 amide bonds. The maximum absolute atomic E-state index is 13.0. The summed E-state index contributed by atoms with van der Waals surface area (Å²) in [7, 11) is 1.61. The Bertz CT molecular complexity index is 1100. The van der Waals surface area contributed by atoms with Crippen molar-refractivity contribution in [1.29, 1.82) is 0 Å². The quantitative estimate of drug-likeness (QED) is 0.539. The molecule has 0 spiro atoms. The lowest BCUT2D eigenvalue weighted by Crippen LogP contribution is -2.42. The smallest absolute Gasteiger partial charge is 0.271 e. The third-order valence-corrected chi connectivity index (χ3v) is 7.06. The van der Waals surface area contributed by atoms with Gasteiger partial charge in [0.1, 0.15) is 11.6 Å². The number of hydrogen-bond donors (Lipinski definition) is 1. The number of piperidine rings is 1. The van der Waals surface area contributed by atoms with Crippen molar-refractivity contribution in [2.75, 3.05) is 25.1 Å². The minimum Gasteiger partial charge on any atom is -0.497 e. The number of nitrogens with one attached hydrogen (secondary N) is 1. The second-order valence-corrected chi connectivity index (χ2v) is 9.25. The Hall–Kier alpha value is -3.13. The maximum Gasteiger partial charge on any atom is 0.271 e. The molecule has 3 heterocycles. The van der Waals surface area contributed by atoms with Crippen LogP contribution in [0.4, 0.5) is 5.82 Å². The Kier molecular flexibility index (Phi) is 7.44. The number of thiophene rings is 1. The van der Waals surface area contributed by atoms with Gasteiger partial charge in [-0.25, -0.2) is 0 Å². The van der Waals surface area contributed by atoms with Gasteiger partial charge in [-0.15, -0.1) is 16.4 Å². The van der Waals surface area contributed by atoms with Crippen molar-refractivity contribution in [2.45, 2.75) is 38.6 Å². The van der Waals surface area contributed by atoms with E-state index in [2.05, 4.69) is 33.7 Å². The molecule has 1 aliphatic heterocycles. The topological polar surface area (TPSA) is 76.5 Å². The van der Waals surface area contributed by atoms with E-state index >= 15 is 0 Å². The number of amides is 1. The molecule has 4 rings (SSSR count). The number of ether oxygens (including phenoxy) is 1. The van der Waals surface area contributed by atoms with Crippen LogP contribution in [0.25, 0.3) is 5.69 Å². The van der Waals surface area contributed by atoms with E-state index in [4.69, 9.17) is 4.74 Å². The van der Waals surface area contributed by atoms with E-state index in [1.807, 2.05) is 30.3 Å². The number of carbonyl (C=O) groups excluding carboxylic acids is 1. The van der Waals surface area contributed by atoms with Crippen LogP contribution in [0.15, 0.2) is 58.7 Å². The van der Waals surface area contributed by atoms with Gasteiger partial charge in [-0.3, -0.25) is 9.59 Å². The second kappa shape index (κ2) is 10.7. The lowest BCUT2D eigenvalue weighted by atomic mass is 9.95. The summed E-state index contributed by atoms with van der Waals surface area (Å²) < 4.78 is 6.60. The molecule has 0 unspecified atom stereocenters. The maximum atomic E-state index is 13.0. The van der Waals surface area contributed by atoms with E-state index in [1.54, 1.807) is 30.6 Å². The van der Waals surface area contributed by atoms with Crippen LogP contribution in [0, 0.1) is 5.92 Å². The van der Waals surface area contributed by atoms with Gasteiger partial charge in [0.2, 0.25) is 5.91 Å². The molecule has 1 N–H and O–H groups in total. The van der Waals surface area contributed by atoms with E-state index < -0.39 is 0 Å². The van der Waals surface area contributed by atoms with Crippen molar-refractivity contribution >= 4 is 23.1 Å². The molecule has 33 heavy (non-hydrogen) atoms. The Balaban J connectivity index is 1.40. The molecule has 0 bridgehead atoms. The minimum absolute atomic E-state index is 0.00642. The molecule has 2 aromatic heterocycles. The Morgan fingerprint density at radius 1 is 1.18 bits per heavy atom. The van der Waals surface area contributed by atoms with Crippen LogP contribution >= 0.6 is 11.3 Å². The molecule has 1 saturated heterocycles. The molecular formula is C25H30N4O3S. The van der Waals surface area contributed by atoms with Crippen molar-refractivity contribution in [3.63, 3.8) is 0 Å². The fourth-order valence-electron chi connectivity index (χ4n) is 4.20. The molecule has 0 saturated carbocycles. The summed E-state index contributed by atoms with van der Waals surface area (Å²) in [6, 6.07) is 14.8. The van der Waals surface area contributed by atoms with Gasteiger partial charge in [0.05, 0.1) is 18.8 Å². The van der Waals surface area contributed by atoms with Crippen LogP contribution in [-0.2, 0) is 4.79 Å². The molecule has 7 nitrogen and oxygen atoms in total. The highest BCUT2D eigenvalue weighted by Gasteiger charge is 2.27. The van der Waals surface area contributed by atoms with E-state index in [-0.39, 0.29) is 23.4 Å². The number of hydrogen-bond acceptors (Lipinski definition) is 6. The first-order chi connectivity index (χ1) is 16.1. The predicted octanol–water partition coefficient (Wildman–Crippen LogP) is 4.18. The van der Waals surface area contributed by atoms with E-state index in [0.717, 1.165) is 50.3 Å². The number of benzene rings is 1. The normalized spacial score (nSPS) is 15.3. The molecular weight excluding hydrogens is 436 g/mol. The van der Waals surface area contributed by atoms with E-state index in [9.17, 15) is 9.59 Å². The van der Waals surface area contributed by atoms with E-state index in [1.165, 1.54) is 9.56 Å². The summed E-state index contributed by atoms with van der Waals surface area (Å²) in [5.74, 6) is 1.60. The van der Waals surface area contributed by atoms with Gasteiger partial charge in [0.15, 0.2) is 0 Å². The predicted molar refractivity (Wildman–Crippen MR) is 131 cm³/mol. The molecule has 1 fully saturated rings. The van der Waals surface area contributed by atoms with Gasteiger partial charge in [-0.05, 0) is 61.0 Å². The molecule has 3 aromatic rings. The van der Waals surface area contributed by atoms with Crippen LogP contribution in [-0.4, -0.2) is 35.9 Å². The average molecular weight is 467 g/mol. The Morgan fingerprint density at radius 2 is 1.94 bits per heavy atom. The largest absolute Gasteiger partial charge is 0.497 e. The van der Waals surface area contributed by atoms with Gasteiger partial charge in [-0.2, -0.15) is 4.68 Å². The molecule has 1 aliphatic rings. The fraction of sp³-hybridized carbons (Fsp3) is 0.400. The highest BCUT2D eigenvalue weighted by Crippen LogP contribution is 2.26. The summed E-state index contributed by atoms with van der Waals surface area (Å²) in [4.78, 5) is 28.7. The lowest BCUT2D eigenvalue weighted by Gasteiger charge is -2.33. The van der Waals surface area contributed by atoms with Crippen molar-refractivity contribution in [1.82, 2.24) is 15.1 Å². The number of methoxy groups -OCH3 is 1. The van der Waals surface area contributed by atoms with Crippen LogP contribution < -0.4 is 20.5 Å². The van der Waals surface area contributed by atoms with Crippen LogP contribution in [0.5, 0.6) is 5.75 Å². The number of nitrogens with zero attached hydrogens (tertiary/aromatic N) is 3. The van der Waals surface area contributed by atoms with Gasteiger partial charge in [0.25, 0.3) is 5.56 Å². The first kappa shape index (κ1) is 23.0. The molecule has 174 valence electrons. The number of rotatable bonds is 8. The van der Waals surface area contributed by atoms with Gasteiger partial charge in [0, 0.05) is 30.0 Å². The minimum atomic E-state index is -0.186. The number of aromatic nitrogens is 2. The van der Waals surface area contributed by atoms with Crippen LogP contribution in [0.1, 0.15) is 43.5 Å². The van der Waals surface area contributed by atoms with Crippen molar-refractivity contribution in [3.8, 4) is 11.4 Å². The first-order valence-electron chi connectivity index (χ1n) is 11.4. The summed E-state index contributed by atoms with van der Waals surface area (Å²) in [6.07, 6.45) is 3.50. The zero-order chi connectivity index (χ0) is 23.2. The summed E-state index contributed by atoms with van der Waals surface area (Å²) >= 11 is 1.69. The average Bonchev–Trinajstić information content (AvgIpc) is 3.39. The van der Waals surface area contributed by atoms with Crippen molar-refractivity contribution in [3.05, 3.63) is 69.1 Å². The monoisotopic (exact) mass is 466 g/mol. The third-order valence-electron chi connectivity index (χ3n) is 6.07. The summed E-state index contributed by atoms with van der Waals surface area (Å²) in [6.45, 7) is 3.59. The standard InChI is InChI=1S/C25H30N4O3S/c1-3-5-21(22-6-4-17-33-22)26-25(31)18-13-15-28(16-14-18)23-11-12-24(30)29(27-23)19-7-9-20(32-2)10-8-19/h4,6-12,17-18,21H,3,5,13-16H2,1-2H3,(H,26,31)/t21-/m1/s1. The second-order valence-electron chi connectivity index (χ2n) is 8.27. The molecule has 0 aliphatic carbocycles. The van der Waals surface area contributed by atoms with E-state index in [0.29, 0.717) is 5.69 Å². The third kappa shape index (κ3) is 5.45. The Morgan fingerprint density at radius 3 is 2.58 bits per heavy atom. The van der Waals surface area contributed by atoms with Crippen LogP contribution in [0.3, 0.4) is 0 Å². The first-order valence-corrected chi connectivity index (χ1v) is 12.3. The summed E-state index contributed by atoms with van der Waals surface area (Å²) in [5, 5.41) is 9.92. The molecule has 1 aromatic carbocycles. The van der Waals surface area contributed by atoms with Gasteiger partial charge in [-0.1, -0.05) is 19.4 Å². The fourth-order valence-corrected chi connectivity index (χ4v) is 5.02. The number of carbonyl (C=O) groups is 1. The lowest BCUT2D eigenvalue weighted by molar-refractivity contribution is -0.126. The Labute approximate surface area is 198 Å². The van der Waals surface area contributed by atoms with Crippen LogP contribution in [0.2, 0.25) is 0 Å². The number of anilines is 1. The van der Waals surface area contributed by atoms with Crippen molar-refractivity contribution in [2.24, 2.45) is 5.92 Å². The van der Waals surface area contributed by atoms with Crippen molar-refractivity contribution < 1.29 is 9.53 Å². The zero-order valence-electron chi connectivity index (χ0n) is 19.1. The summed E-state index contributed by atoms with van der Waals surface area (Å²) in [5.41, 5.74) is 0.501. The zero-order valence-corrected chi connectivity index (χ0v) is 19.9. The highest BCUT2D eigenvalue weighted by atomic mass is 32.1. The molecule has 1 atom stereocenters. The molecule has 8 heteroatoms. The van der Waals surface area contributed by atoms with Gasteiger partial charge < -0.3 is 15.0 Å².